The zero-order valence-electron chi connectivity index (χ0n) is 15.3. The van der Waals surface area contributed by atoms with E-state index < -0.39 is 0 Å². The molecular weight excluding hydrogens is 340 g/mol. The van der Waals surface area contributed by atoms with E-state index in [0.717, 1.165) is 12.4 Å². The molecule has 1 aromatic carbocycles. The summed E-state index contributed by atoms with van der Waals surface area (Å²) in [5.74, 6) is 0.855. The van der Waals surface area contributed by atoms with Crippen LogP contribution in [0, 0.1) is 0 Å². The number of rotatable bonds is 18. The molecule has 0 saturated carbocycles. The highest BCUT2D eigenvalue weighted by Crippen LogP contribution is 2.08. The van der Waals surface area contributed by atoms with E-state index in [0.29, 0.717) is 78.8 Å². The van der Waals surface area contributed by atoms with Gasteiger partial charge in [0.05, 0.1) is 72.7 Å². The molecule has 7 heteroatoms. The van der Waals surface area contributed by atoms with Crippen LogP contribution in [0.5, 0.6) is 5.75 Å². The first-order chi connectivity index (χ1) is 12.9. The SMILES string of the molecule is c1ccc(OCCOCCOCCOCCOCCOCC2CO2)cc1. The third-order valence-corrected chi connectivity index (χ3v) is 3.43. The van der Waals surface area contributed by atoms with Gasteiger partial charge in [-0.25, -0.2) is 0 Å². The van der Waals surface area contributed by atoms with Crippen LogP contribution < -0.4 is 4.74 Å². The molecule has 1 aliphatic rings. The topological polar surface area (TPSA) is 67.9 Å². The summed E-state index contributed by atoms with van der Waals surface area (Å²) in [5.41, 5.74) is 0. The predicted molar refractivity (Wildman–Crippen MR) is 95.8 cm³/mol. The van der Waals surface area contributed by atoms with Crippen LogP contribution in [0.2, 0.25) is 0 Å². The highest BCUT2D eigenvalue weighted by Gasteiger charge is 2.21. The van der Waals surface area contributed by atoms with Crippen molar-refractivity contribution in [3.63, 3.8) is 0 Å². The lowest BCUT2D eigenvalue weighted by Crippen LogP contribution is -2.14. The molecule has 0 radical (unpaired) electrons. The normalized spacial score (nSPS) is 15.9. The lowest BCUT2D eigenvalue weighted by molar-refractivity contribution is -0.0134. The first-order valence-corrected chi connectivity index (χ1v) is 9.13. The van der Waals surface area contributed by atoms with E-state index in [9.17, 15) is 0 Å². The summed E-state index contributed by atoms with van der Waals surface area (Å²) >= 11 is 0. The summed E-state index contributed by atoms with van der Waals surface area (Å²) in [4.78, 5) is 0. The molecule has 0 bridgehead atoms. The lowest BCUT2D eigenvalue weighted by Gasteiger charge is -2.08. The molecule has 7 nitrogen and oxygen atoms in total. The van der Waals surface area contributed by atoms with Crippen LogP contribution in [0.15, 0.2) is 30.3 Å². The van der Waals surface area contributed by atoms with Gasteiger partial charge in [-0.05, 0) is 12.1 Å². The largest absolute Gasteiger partial charge is 0.491 e. The molecule has 1 heterocycles. The molecule has 0 N–H and O–H groups in total. The number of epoxide rings is 1. The van der Waals surface area contributed by atoms with Gasteiger partial charge in [0.2, 0.25) is 0 Å². The smallest absolute Gasteiger partial charge is 0.119 e. The number of hydrogen-bond donors (Lipinski definition) is 0. The average molecular weight is 370 g/mol. The molecule has 148 valence electrons. The highest BCUT2D eigenvalue weighted by molar-refractivity contribution is 5.20. The summed E-state index contributed by atoms with van der Waals surface area (Å²) < 4.78 is 37.6. The van der Waals surface area contributed by atoms with Crippen molar-refractivity contribution in [3.05, 3.63) is 30.3 Å². The third-order valence-electron chi connectivity index (χ3n) is 3.43. The van der Waals surface area contributed by atoms with Crippen LogP contribution in [0.4, 0.5) is 0 Å². The van der Waals surface area contributed by atoms with Crippen LogP contribution in [-0.4, -0.2) is 85.4 Å². The Balaban J connectivity index is 1.20. The lowest BCUT2D eigenvalue weighted by atomic mass is 10.3. The Kier molecular flexibility index (Phi) is 12.1. The Morgan fingerprint density at radius 1 is 0.654 bits per heavy atom. The minimum Gasteiger partial charge on any atom is -0.491 e. The van der Waals surface area contributed by atoms with E-state index >= 15 is 0 Å². The zero-order valence-corrected chi connectivity index (χ0v) is 15.3. The van der Waals surface area contributed by atoms with Crippen molar-refractivity contribution in [1.82, 2.24) is 0 Å². The highest BCUT2D eigenvalue weighted by atomic mass is 16.6. The van der Waals surface area contributed by atoms with E-state index in [2.05, 4.69) is 0 Å². The molecule has 0 aliphatic carbocycles. The van der Waals surface area contributed by atoms with Gasteiger partial charge in [0.25, 0.3) is 0 Å². The standard InChI is InChI=1S/C19H30O7/c1-2-4-18(5-3-1)25-15-14-23-11-10-21-7-6-20-8-9-22-12-13-24-16-19-17-26-19/h1-5,19H,6-17H2. The van der Waals surface area contributed by atoms with Crippen molar-refractivity contribution < 1.29 is 33.2 Å². The summed E-state index contributed by atoms with van der Waals surface area (Å²) in [6, 6.07) is 9.69. The Morgan fingerprint density at radius 2 is 1.12 bits per heavy atom. The van der Waals surface area contributed by atoms with Gasteiger partial charge in [0, 0.05) is 0 Å². The third kappa shape index (κ3) is 12.2. The minimum atomic E-state index is 0.311. The fourth-order valence-electron chi connectivity index (χ4n) is 1.99. The van der Waals surface area contributed by atoms with Gasteiger partial charge in [-0.15, -0.1) is 0 Å². The Morgan fingerprint density at radius 3 is 1.62 bits per heavy atom. The van der Waals surface area contributed by atoms with Gasteiger partial charge >= 0.3 is 0 Å². The zero-order chi connectivity index (χ0) is 18.1. The van der Waals surface area contributed by atoms with Crippen LogP contribution in [0.3, 0.4) is 0 Å². The van der Waals surface area contributed by atoms with Crippen LogP contribution in [0.25, 0.3) is 0 Å². The van der Waals surface area contributed by atoms with Crippen molar-refractivity contribution in [3.8, 4) is 5.75 Å². The number of ether oxygens (including phenoxy) is 7. The summed E-state index contributed by atoms with van der Waals surface area (Å²) in [7, 11) is 0. The Bertz CT molecular complexity index is 425. The van der Waals surface area contributed by atoms with E-state index in [1.54, 1.807) is 0 Å². The molecule has 0 spiro atoms. The van der Waals surface area contributed by atoms with Crippen molar-refractivity contribution in [1.29, 1.82) is 0 Å². The molecule has 1 aromatic rings. The molecule has 1 unspecified atom stereocenters. The van der Waals surface area contributed by atoms with Gasteiger partial charge in [-0.1, -0.05) is 18.2 Å². The van der Waals surface area contributed by atoms with E-state index in [1.807, 2.05) is 30.3 Å². The maximum atomic E-state index is 5.52. The van der Waals surface area contributed by atoms with E-state index in [1.165, 1.54) is 0 Å². The maximum absolute atomic E-state index is 5.52. The second-order valence-electron chi connectivity index (χ2n) is 5.64. The molecule has 0 amide bonds. The number of para-hydroxylation sites is 1. The van der Waals surface area contributed by atoms with Crippen molar-refractivity contribution >= 4 is 0 Å². The molecule has 1 saturated heterocycles. The van der Waals surface area contributed by atoms with Gasteiger partial charge in [-0.3, -0.25) is 0 Å². The van der Waals surface area contributed by atoms with E-state index in [4.69, 9.17) is 33.2 Å². The summed E-state index contributed by atoms with van der Waals surface area (Å²) in [6.07, 6.45) is 0.311. The summed E-state index contributed by atoms with van der Waals surface area (Å²) in [5, 5.41) is 0. The van der Waals surface area contributed by atoms with Gasteiger partial charge < -0.3 is 33.2 Å². The van der Waals surface area contributed by atoms with Crippen molar-refractivity contribution in [2.24, 2.45) is 0 Å². The van der Waals surface area contributed by atoms with Crippen LogP contribution in [0.1, 0.15) is 0 Å². The molecule has 26 heavy (non-hydrogen) atoms. The monoisotopic (exact) mass is 370 g/mol. The average Bonchev–Trinajstić information content (AvgIpc) is 3.49. The van der Waals surface area contributed by atoms with Crippen LogP contribution >= 0.6 is 0 Å². The second-order valence-corrected chi connectivity index (χ2v) is 5.64. The molecule has 1 aliphatic heterocycles. The number of benzene rings is 1. The first kappa shape index (κ1) is 21.1. The Hall–Kier alpha value is -1.22. The van der Waals surface area contributed by atoms with Crippen LogP contribution in [-0.2, 0) is 28.4 Å². The fourth-order valence-corrected chi connectivity index (χ4v) is 1.99. The minimum absolute atomic E-state index is 0.311. The van der Waals surface area contributed by atoms with Gasteiger partial charge in [0.1, 0.15) is 18.5 Å². The maximum Gasteiger partial charge on any atom is 0.119 e. The predicted octanol–water partition coefficient (Wildman–Crippen LogP) is 1.55. The molecule has 2 rings (SSSR count). The second kappa shape index (κ2) is 14.9. The molecular formula is C19H30O7. The van der Waals surface area contributed by atoms with Gasteiger partial charge in [-0.2, -0.15) is 0 Å². The first-order valence-electron chi connectivity index (χ1n) is 9.13. The quantitative estimate of drug-likeness (QED) is 0.287. The molecule has 0 aromatic heterocycles. The Labute approximate surface area is 155 Å². The summed E-state index contributed by atoms with van der Waals surface area (Å²) in [6.45, 7) is 7.07. The molecule has 1 atom stereocenters. The van der Waals surface area contributed by atoms with Crippen molar-refractivity contribution in [2.75, 3.05) is 79.3 Å². The fraction of sp³-hybridized carbons (Fsp3) is 0.684. The van der Waals surface area contributed by atoms with E-state index in [-0.39, 0.29) is 0 Å². The number of hydrogen-bond acceptors (Lipinski definition) is 7. The van der Waals surface area contributed by atoms with Gasteiger partial charge in [0.15, 0.2) is 0 Å². The van der Waals surface area contributed by atoms with Crippen molar-refractivity contribution in [2.45, 2.75) is 6.10 Å². The molecule has 1 fully saturated rings.